The van der Waals surface area contributed by atoms with Crippen molar-refractivity contribution in [3.63, 3.8) is 0 Å². The quantitative estimate of drug-likeness (QED) is 0.882. The van der Waals surface area contributed by atoms with Gasteiger partial charge < -0.3 is 9.73 Å². The van der Waals surface area contributed by atoms with Gasteiger partial charge in [-0.1, -0.05) is 11.6 Å². The van der Waals surface area contributed by atoms with Gasteiger partial charge in [0.05, 0.1) is 17.1 Å². The van der Waals surface area contributed by atoms with E-state index in [0.717, 1.165) is 29.7 Å². The molecule has 0 radical (unpaired) electrons. The van der Waals surface area contributed by atoms with E-state index in [1.54, 1.807) is 17.6 Å². The lowest BCUT2D eigenvalue weighted by Gasteiger charge is -2.14. The zero-order valence-corrected chi connectivity index (χ0v) is 12.1. The van der Waals surface area contributed by atoms with Crippen LogP contribution < -0.4 is 5.32 Å². The van der Waals surface area contributed by atoms with E-state index in [1.165, 1.54) is 10.4 Å². The summed E-state index contributed by atoms with van der Waals surface area (Å²) in [7, 11) is 4.02. The van der Waals surface area contributed by atoms with Crippen molar-refractivity contribution < 1.29 is 4.42 Å². The van der Waals surface area contributed by atoms with E-state index in [2.05, 4.69) is 23.3 Å². The first kappa shape index (κ1) is 13.6. The highest BCUT2D eigenvalue weighted by Crippen LogP contribution is 2.23. The highest BCUT2D eigenvalue weighted by molar-refractivity contribution is 7.16. The molecule has 0 bridgehead atoms. The van der Waals surface area contributed by atoms with Crippen molar-refractivity contribution >= 4 is 22.9 Å². The first-order valence-corrected chi connectivity index (χ1v) is 7.01. The zero-order chi connectivity index (χ0) is 13.0. The summed E-state index contributed by atoms with van der Waals surface area (Å²) in [5, 5.41) is 3.14. The van der Waals surface area contributed by atoms with Gasteiger partial charge in [0.15, 0.2) is 0 Å². The number of hydrogen-bond acceptors (Lipinski definition) is 4. The molecule has 2 aromatic heterocycles. The van der Waals surface area contributed by atoms with Gasteiger partial charge in [-0.15, -0.1) is 11.3 Å². The minimum absolute atomic E-state index is 0.805. The molecule has 2 heterocycles. The number of nitrogens with zero attached hydrogens (tertiary/aromatic N) is 1. The predicted molar refractivity (Wildman–Crippen MR) is 76.0 cm³/mol. The van der Waals surface area contributed by atoms with Gasteiger partial charge in [-0.25, -0.2) is 0 Å². The molecular formula is C13H17ClN2OS. The maximum atomic E-state index is 5.93. The summed E-state index contributed by atoms with van der Waals surface area (Å²) in [5.74, 6) is 1.02. The zero-order valence-electron chi connectivity index (χ0n) is 10.6. The predicted octanol–water partition coefficient (Wildman–Crippen LogP) is 3.35. The molecule has 0 fully saturated rings. The fraction of sp³-hybridized carbons (Fsp3) is 0.385. The number of furan rings is 1. The second-order valence-corrected chi connectivity index (χ2v) is 6.08. The first-order chi connectivity index (χ1) is 8.69. The second-order valence-electron chi connectivity index (χ2n) is 4.28. The SMILES string of the molecule is CNCc1ccoc1CN(C)Cc1ccc(Cl)s1. The van der Waals surface area contributed by atoms with Crippen LogP contribution in [0.15, 0.2) is 28.9 Å². The van der Waals surface area contributed by atoms with Gasteiger partial charge in [0.25, 0.3) is 0 Å². The molecule has 0 unspecified atom stereocenters. The molecule has 0 atom stereocenters. The van der Waals surface area contributed by atoms with Gasteiger partial charge >= 0.3 is 0 Å². The summed E-state index contributed by atoms with van der Waals surface area (Å²) >= 11 is 7.55. The molecule has 5 heteroatoms. The van der Waals surface area contributed by atoms with Crippen LogP contribution in [0, 0.1) is 0 Å². The molecule has 18 heavy (non-hydrogen) atoms. The summed E-state index contributed by atoms with van der Waals surface area (Å²) in [6.45, 7) is 2.53. The van der Waals surface area contributed by atoms with E-state index < -0.39 is 0 Å². The van der Waals surface area contributed by atoms with E-state index in [0.29, 0.717) is 0 Å². The van der Waals surface area contributed by atoms with E-state index >= 15 is 0 Å². The number of hydrogen-bond donors (Lipinski definition) is 1. The molecule has 0 aliphatic carbocycles. The van der Waals surface area contributed by atoms with Crippen LogP contribution in [0.2, 0.25) is 4.34 Å². The Balaban J connectivity index is 1.94. The van der Waals surface area contributed by atoms with Crippen LogP contribution in [0.1, 0.15) is 16.2 Å². The van der Waals surface area contributed by atoms with Gasteiger partial charge in [-0.2, -0.15) is 0 Å². The maximum Gasteiger partial charge on any atom is 0.122 e. The number of nitrogens with one attached hydrogen (secondary N) is 1. The fourth-order valence-electron chi connectivity index (χ4n) is 1.86. The largest absolute Gasteiger partial charge is 0.468 e. The summed E-state index contributed by atoms with van der Waals surface area (Å²) in [5.41, 5.74) is 1.22. The smallest absolute Gasteiger partial charge is 0.122 e. The van der Waals surface area contributed by atoms with Gasteiger partial charge in [0.2, 0.25) is 0 Å². The Bertz CT molecular complexity index is 495. The minimum Gasteiger partial charge on any atom is -0.468 e. The van der Waals surface area contributed by atoms with Crippen LogP contribution in [0.4, 0.5) is 0 Å². The molecule has 1 N–H and O–H groups in total. The molecule has 0 aliphatic heterocycles. The van der Waals surface area contributed by atoms with Gasteiger partial charge in [0.1, 0.15) is 5.76 Å². The normalized spacial score (nSPS) is 11.3. The van der Waals surface area contributed by atoms with E-state index in [1.807, 2.05) is 19.2 Å². The van der Waals surface area contributed by atoms with Crippen LogP contribution >= 0.6 is 22.9 Å². The summed E-state index contributed by atoms with van der Waals surface area (Å²) in [6, 6.07) is 6.02. The molecule has 2 aromatic rings. The van der Waals surface area contributed by atoms with Crippen LogP contribution in [0.5, 0.6) is 0 Å². The maximum absolute atomic E-state index is 5.93. The molecule has 3 nitrogen and oxygen atoms in total. The minimum atomic E-state index is 0.805. The van der Waals surface area contributed by atoms with Crippen molar-refractivity contribution in [3.05, 3.63) is 45.0 Å². The van der Waals surface area contributed by atoms with E-state index in [4.69, 9.17) is 16.0 Å². The molecule has 0 saturated carbocycles. The highest BCUT2D eigenvalue weighted by Gasteiger charge is 2.10. The Morgan fingerprint density at radius 3 is 2.83 bits per heavy atom. The molecule has 0 saturated heterocycles. The van der Waals surface area contributed by atoms with Crippen molar-refractivity contribution in [2.45, 2.75) is 19.6 Å². The molecule has 0 spiro atoms. The van der Waals surface area contributed by atoms with Gasteiger partial charge in [0, 0.05) is 23.5 Å². The molecule has 0 aromatic carbocycles. The van der Waals surface area contributed by atoms with Crippen molar-refractivity contribution in [2.24, 2.45) is 0 Å². The van der Waals surface area contributed by atoms with E-state index in [-0.39, 0.29) is 0 Å². The van der Waals surface area contributed by atoms with Crippen LogP contribution in [-0.2, 0) is 19.6 Å². The van der Waals surface area contributed by atoms with Gasteiger partial charge in [-0.3, -0.25) is 4.90 Å². The number of halogens is 1. The van der Waals surface area contributed by atoms with Crippen LogP contribution in [-0.4, -0.2) is 19.0 Å². The lowest BCUT2D eigenvalue weighted by Crippen LogP contribution is -2.17. The Kier molecular flexibility index (Phi) is 4.83. The molecule has 0 aliphatic rings. The van der Waals surface area contributed by atoms with E-state index in [9.17, 15) is 0 Å². The third kappa shape index (κ3) is 3.59. The topological polar surface area (TPSA) is 28.4 Å². The summed E-state index contributed by atoms with van der Waals surface area (Å²) in [4.78, 5) is 3.49. The molecule has 0 amide bonds. The summed E-state index contributed by atoms with van der Waals surface area (Å²) in [6.07, 6.45) is 1.75. The fourth-order valence-corrected chi connectivity index (χ4v) is 3.03. The molecular weight excluding hydrogens is 268 g/mol. The average molecular weight is 285 g/mol. The highest BCUT2D eigenvalue weighted by atomic mass is 35.5. The third-order valence-electron chi connectivity index (χ3n) is 2.67. The van der Waals surface area contributed by atoms with Crippen molar-refractivity contribution in [2.75, 3.05) is 14.1 Å². The summed E-state index contributed by atoms with van der Waals surface area (Å²) < 4.78 is 6.37. The Hall–Kier alpha value is -0.810. The van der Waals surface area contributed by atoms with Crippen molar-refractivity contribution in [3.8, 4) is 0 Å². The molecule has 2 rings (SSSR count). The van der Waals surface area contributed by atoms with Crippen LogP contribution in [0.25, 0.3) is 0 Å². The number of rotatable bonds is 6. The number of thiophene rings is 1. The second kappa shape index (κ2) is 6.38. The monoisotopic (exact) mass is 284 g/mol. The van der Waals surface area contributed by atoms with Crippen molar-refractivity contribution in [1.82, 2.24) is 10.2 Å². The van der Waals surface area contributed by atoms with Gasteiger partial charge in [-0.05, 0) is 32.3 Å². The van der Waals surface area contributed by atoms with Crippen molar-refractivity contribution in [1.29, 1.82) is 0 Å². The standard InChI is InChI=1S/C13H17ClN2OS/c1-15-7-10-5-6-17-12(10)9-16(2)8-11-3-4-13(14)18-11/h3-6,15H,7-9H2,1-2H3. The lowest BCUT2D eigenvalue weighted by atomic mass is 10.2. The lowest BCUT2D eigenvalue weighted by molar-refractivity contribution is 0.288. The first-order valence-electron chi connectivity index (χ1n) is 5.81. The van der Waals surface area contributed by atoms with Crippen LogP contribution in [0.3, 0.4) is 0 Å². The molecule has 98 valence electrons. The third-order valence-corrected chi connectivity index (χ3v) is 3.89. The Labute approximate surface area is 116 Å². The average Bonchev–Trinajstić information content (AvgIpc) is 2.90. The Morgan fingerprint density at radius 1 is 1.33 bits per heavy atom. The Morgan fingerprint density at radius 2 is 2.17 bits per heavy atom.